The molecule has 0 bridgehead atoms. The Morgan fingerprint density at radius 2 is 2.13 bits per heavy atom. The van der Waals surface area contributed by atoms with E-state index in [9.17, 15) is 18.4 Å². The Labute approximate surface area is 130 Å². The third kappa shape index (κ3) is 2.32. The first-order valence-electron chi connectivity index (χ1n) is 7.34. The van der Waals surface area contributed by atoms with Crippen LogP contribution in [0.25, 0.3) is 0 Å². The van der Waals surface area contributed by atoms with E-state index in [1.165, 1.54) is 12.4 Å². The van der Waals surface area contributed by atoms with Crippen LogP contribution in [0.1, 0.15) is 45.2 Å². The molecule has 2 aliphatic carbocycles. The van der Waals surface area contributed by atoms with E-state index in [0.717, 1.165) is 10.2 Å². The minimum atomic E-state index is -2.74. The second-order valence-electron chi connectivity index (χ2n) is 5.90. The highest BCUT2D eigenvalue weighted by molar-refractivity contribution is 6.07. The number of ketones is 1. The summed E-state index contributed by atoms with van der Waals surface area (Å²) >= 11 is 0. The number of Topliss-reactive ketones (excluding diaryl/α,β-unsaturated/α-hetero) is 1. The molecule has 1 aromatic carbocycles. The number of halogens is 2. The third-order valence-electron chi connectivity index (χ3n) is 4.30. The lowest BCUT2D eigenvalue weighted by atomic mass is 10.1. The molecule has 0 radical (unpaired) electrons. The second-order valence-corrected chi connectivity index (χ2v) is 5.90. The Balaban J connectivity index is 1.54. The minimum Gasteiger partial charge on any atom is -0.322 e. The minimum absolute atomic E-state index is 0.0693. The van der Waals surface area contributed by atoms with Crippen molar-refractivity contribution in [3.8, 4) is 0 Å². The quantitative estimate of drug-likeness (QED) is 0.947. The van der Waals surface area contributed by atoms with Crippen LogP contribution < -0.4 is 5.32 Å². The lowest BCUT2D eigenvalue weighted by molar-refractivity contribution is 0.0976. The van der Waals surface area contributed by atoms with Crippen LogP contribution >= 0.6 is 0 Å². The van der Waals surface area contributed by atoms with E-state index in [1.54, 1.807) is 18.2 Å². The van der Waals surface area contributed by atoms with Crippen LogP contribution in [0.2, 0.25) is 0 Å². The van der Waals surface area contributed by atoms with Crippen LogP contribution in [0.3, 0.4) is 0 Å². The number of benzene rings is 1. The Hall–Kier alpha value is -2.57. The van der Waals surface area contributed by atoms with E-state index >= 15 is 0 Å². The van der Waals surface area contributed by atoms with E-state index in [4.69, 9.17) is 0 Å². The third-order valence-corrected chi connectivity index (χ3v) is 4.30. The van der Waals surface area contributed by atoms with Crippen LogP contribution in [-0.2, 0) is 6.42 Å². The maximum absolute atomic E-state index is 13.0. The average Bonchev–Trinajstić information content (AvgIpc) is 2.91. The fraction of sp³-hybridized carbons (Fsp3) is 0.312. The number of nitrogens with zero attached hydrogens (tertiary/aromatic N) is 2. The van der Waals surface area contributed by atoms with Gasteiger partial charge in [-0.25, -0.2) is 8.78 Å². The van der Waals surface area contributed by atoms with Gasteiger partial charge in [0.15, 0.2) is 5.78 Å². The lowest BCUT2D eigenvalue weighted by Gasteiger charge is -2.08. The summed E-state index contributed by atoms with van der Waals surface area (Å²) in [5, 5.41) is 6.58. The standard InChI is InChI=1S/C16H13F2N3O2/c17-16(18)6-14(16)21-8-9(7-19-21)15(23)20-12-3-1-2-11-10(12)4-5-13(11)22/h1-3,7-8,14H,4-6H2,(H,20,23). The summed E-state index contributed by atoms with van der Waals surface area (Å²) in [6.07, 6.45) is 3.40. The first-order valence-corrected chi connectivity index (χ1v) is 7.34. The summed E-state index contributed by atoms with van der Waals surface area (Å²) in [4.78, 5) is 24.0. The average molecular weight is 317 g/mol. The van der Waals surface area contributed by atoms with Gasteiger partial charge in [0.2, 0.25) is 0 Å². The van der Waals surface area contributed by atoms with Crippen LogP contribution in [0.5, 0.6) is 0 Å². The number of nitrogens with one attached hydrogen (secondary N) is 1. The van der Waals surface area contributed by atoms with Crippen molar-refractivity contribution in [1.82, 2.24) is 9.78 Å². The number of anilines is 1. The number of hydrogen-bond donors (Lipinski definition) is 1. The molecule has 1 N–H and O–H groups in total. The zero-order valence-electron chi connectivity index (χ0n) is 12.1. The van der Waals surface area contributed by atoms with Crippen molar-refractivity contribution in [2.45, 2.75) is 31.2 Å². The molecule has 7 heteroatoms. The van der Waals surface area contributed by atoms with Crippen LogP contribution in [0, 0.1) is 0 Å². The van der Waals surface area contributed by atoms with Crippen molar-refractivity contribution in [3.05, 3.63) is 47.3 Å². The Morgan fingerprint density at radius 1 is 1.35 bits per heavy atom. The molecule has 118 valence electrons. The molecule has 1 atom stereocenters. The summed E-state index contributed by atoms with van der Waals surface area (Å²) in [6, 6.07) is 4.23. The number of amides is 1. The molecule has 0 saturated heterocycles. The van der Waals surface area contributed by atoms with Gasteiger partial charge < -0.3 is 5.32 Å². The van der Waals surface area contributed by atoms with E-state index in [-0.39, 0.29) is 17.8 Å². The number of hydrogen-bond acceptors (Lipinski definition) is 3. The van der Waals surface area contributed by atoms with Crippen LogP contribution in [-0.4, -0.2) is 27.4 Å². The summed E-state index contributed by atoms with van der Waals surface area (Å²) in [6.45, 7) is 0. The molecule has 1 amide bonds. The largest absolute Gasteiger partial charge is 0.322 e. The molecule has 1 saturated carbocycles. The number of rotatable bonds is 3. The molecule has 1 heterocycles. The number of aromatic nitrogens is 2. The van der Waals surface area contributed by atoms with Crippen LogP contribution in [0.15, 0.2) is 30.6 Å². The molecular formula is C16H13F2N3O2. The van der Waals surface area contributed by atoms with Gasteiger partial charge in [-0.15, -0.1) is 0 Å². The normalized spacial score (nSPS) is 21.1. The second kappa shape index (κ2) is 4.71. The SMILES string of the molecule is O=C(Nc1cccc2c1CCC2=O)c1cnn(C2CC2(F)F)c1. The van der Waals surface area contributed by atoms with E-state index in [2.05, 4.69) is 10.4 Å². The molecule has 1 aromatic heterocycles. The highest BCUT2D eigenvalue weighted by Gasteiger charge is 2.59. The van der Waals surface area contributed by atoms with E-state index in [0.29, 0.717) is 24.1 Å². The van der Waals surface area contributed by atoms with Gasteiger partial charge in [-0.3, -0.25) is 14.3 Å². The molecule has 0 aliphatic heterocycles. The van der Waals surface area contributed by atoms with E-state index < -0.39 is 17.9 Å². The van der Waals surface area contributed by atoms with Gasteiger partial charge in [0.25, 0.3) is 11.8 Å². The molecule has 4 rings (SSSR count). The topological polar surface area (TPSA) is 64.0 Å². The highest BCUT2D eigenvalue weighted by Crippen LogP contribution is 2.52. The van der Waals surface area contributed by atoms with Gasteiger partial charge in [-0.05, 0) is 18.1 Å². The summed E-state index contributed by atoms with van der Waals surface area (Å²) in [5.74, 6) is -3.09. The van der Waals surface area contributed by atoms with Gasteiger partial charge in [-0.1, -0.05) is 12.1 Å². The zero-order valence-corrected chi connectivity index (χ0v) is 12.1. The first kappa shape index (κ1) is 14.0. The van der Waals surface area contributed by atoms with Crippen molar-refractivity contribution in [2.24, 2.45) is 0 Å². The fourth-order valence-electron chi connectivity index (χ4n) is 2.91. The van der Waals surface area contributed by atoms with Crippen LogP contribution in [0.4, 0.5) is 14.5 Å². The van der Waals surface area contributed by atoms with Gasteiger partial charge in [0.1, 0.15) is 6.04 Å². The molecular weight excluding hydrogens is 304 g/mol. The van der Waals surface area contributed by atoms with Gasteiger partial charge in [0, 0.05) is 30.3 Å². The monoisotopic (exact) mass is 317 g/mol. The van der Waals surface area contributed by atoms with Crippen molar-refractivity contribution < 1.29 is 18.4 Å². The fourth-order valence-corrected chi connectivity index (χ4v) is 2.91. The predicted octanol–water partition coefficient (Wildman–Crippen LogP) is 2.84. The Bertz CT molecular complexity index is 828. The molecule has 1 fully saturated rings. The summed E-state index contributed by atoms with van der Waals surface area (Å²) in [7, 11) is 0. The zero-order chi connectivity index (χ0) is 16.2. The molecule has 23 heavy (non-hydrogen) atoms. The van der Waals surface area contributed by atoms with Gasteiger partial charge >= 0.3 is 0 Å². The number of carbonyl (C=O) groups excluding carboxylic acids is 2. The van der Waals surface area contributed by atoms with Crippen molar-refractivity contribution in [1.29, 1.82) is 0 Å². The van der Waals surface area contributed by atoms with Crippen molar-refractivity contribution in [3.63, 3.8) is 0 Å². The number of carbonyl (C=O) groups is 2. The number of fused-ring (bicyclic) bond motifs is 1. The maximum atomic E-state index is 13.0. The number of alkyl halides is 2. The maximum Gasteiger partial charge on any atom is 0.272 e. The molecule has 0 spiro atoms. The van der Waals surface area contributed by atoms with E-state index in [1.807, 2.05) is 0 Å². The lowest BCUT2D eigenvalue weighted by Crippen LogP contribution is -2.13. The predicted molar refractivity (Wildman–Crippen MR) is 77.9 cm³/mol. The molecule has 1 unspecified atom stereocenters. The van der Waals surface area contributed by atoms with Gasteiger partial charge in [0.05, 0.1) is 11.8 Å². The van der Waals surface area contributed by atoms with Crippen molar-refractivity contribution >= 4 is 17.4 Å². The molecule has 2 aromatic rings. The van der Waals surface area contributed by atoms with Crippen molar-refractivity contribution in [2.75, 3.05) is 5.32 Å². The smallest absolute Gasteiger partial charge is 0.272 e. The Kier molecular flexibility index (Phi) is 2.88. The summed E-state index contributed by atoms with van der Waals surface area (Å²) < 4.78 is 27.2. The first-order chi connectivity index (χ1) is 11.0. The van der Waals surface area contributed by atoms with Gasteiger partial charge in [-0.2, -0.15) is 5.10 Å². The Morgan fingerprint density at radius 3 is 2.87 bits per heavy atom. The summed E-state index contributed by atoms with van der Waals surface area (Å²) in [5.41, 5.74) is 2.26. The highest BCUT2D eigenvalue weighted by atomic mass is 19.3. The molecule has 2 aliphatic rings. The molecule has 5 nitrogen and oxygen atoms in total.